The Morgan fingerprint density at radius 1 is 1.12 bits per heavy atom. The van der Waals surface area contributed by atoms with Crippen LogP contribution in [0.25, 0.3) is 16.9 Å². The maximum absolute atomic E-state index is 6.05. The Morgan fingerprint density at radius 3 is 2.62 bits per heavy atom. The standard InChI is InChI=1S/C19H20ClN3O/c1-14-3-2-8-23-17(13-22-9-11-24-12-10-22)18(21-19(14)23)15-4-6-16(20)7-5-15/h2-8H,9-13H2,1H3. The fourth-order valence-electron chi connectivity index (χ4n) is 3.21. The van der Waals surface area contributed by atoms with Crippen LogP contribution < -0.4 is 0 Å². The molecule has 3 aromatic rings. The molecule has 0 bridgehead atoms. The van der Waals surface area contributed by atoms with Gasteiger partial charge in [0.05, 0.1) is 24.6 Å². The van der Waals surface area contributed by atoms with Crippen molar-refractivity contribution >= 4 is 17.2 Å². The second-order valence-corrected chi connectivity index (χ2v) is 6.62. The van der Waals surface area contributed by atoms with Crippen LogP contribution in [0.5, 0.6) is 0 Å². The molecule has 0 spiro atoms. The minimum atomic E-state index is 0.744. The first-order chi connectivity index (χ1) is 11.7. The fraction of sp³-hybridized carbons (Fsp3) is 0.316. The molecule has 5 heteroatoms. The van der Waals surface area contributed by atoms with Crippen LogP contribution in [0.15, 0.2) is 42.6 Å². The van der Waals surface area contributed by atoms with Gasteiger partial charge in [0.1, 0.15) is 5.65 Å². The number of aromatic nitrogens is 2. The van der Waals surface area contributed by atoms with E-state index in [0.717, 1.165) is 54.8 Å². The number of hydrogen-bond acceptors (Lipinski definition) is 3. The molecular formula is C19H20ClN3O. The minimum absolute atomic E-state index is 0.744. The summed E-state index contributed by atoms with van der Waals surface area (Å²) in [6.45, 7) is 6.48. The Kier molecular flexibility index (Phi) is 4.27. The topological polar surface area (TPSA) is 29.8 Å². The van der Waals surface area contributed by atoms with Gasteiger partial charge in [0, 0.05) is 36.4 Å². The van der Waals surface area contributed by atoms with Crippen LogP contribution in [-0.2, 0) is 11.3 Å². The summed E-state index contributed by atoms with van der Waals surface area (Å²) in [6, 6.07) is 12.1. The molecule has 0 unspecified atom stereocenters. The predicted molar refractivity (Wildman–Crippen MR) is 96.5 cm³/mol. The van der Waals surface area contributed by atoms with Crippen LogP contribution in [0.4, 0.5) is 0 Å². The lowest BCUT2D eigenvalue weighted by molar-refractivity contribution is 0.0336. The molecule has 3 heterocycles. The highest BCUT2D eigenvalue weighted by atomic mass is 35.5. The minimum Gasteiger partial charge on any atom is -0.379 e. The first-order valence-electron chi connectivity index (χ1n) is 8.25. The molecule has 4 rings (SSSR count). The smallest absolute Gasteiger partial charge is 0.140 e. The SMILES string of the molecule is Cc1cccn2c(CN3CCOCC3)c(-c3ccc(Cl)cc3)nc12. The molecule has 1 aliphatic rings. The third kappa shape index (κ3) is 2.93. The van der Waals surface area contributed by atoms with Gasteiger partial charge in [-0.1, -0.05) is 29.8 Å². The number of rotatable bonds is 3. The quantitative estimate of drug-likeness (QED) is 0.726. The number of fused-ring (bicyclic) bond motifs is 1. The maximum atomic E-state index is 6.05. The van der Waals surface area contributed by atoms with Crippen LogP contribution in [-0.4, -0.2) is 40.6 Å². The van der Waals surface area contributed by atoms with Crippen molar-refractivity contribution in [2.24, 2.45) is 0 Å². The van der Waals surface area contributed by atoms with Gasteiger partial charge in [-0.25, -0.2) is 4.98 Å². The monoisotopic (exact) mass is 341 g/mol. The number of ether oxygens (including phenoxy) is 1. The number of aryl methyl sites for hydroxylation is 1. The average Bonchev–Trinajstić information content (AvgIpc) is 2.97. The molecule has 24 heavy (non-hydrogen) atoms. The van der Waals surface area contributed by atoms with Crippen molar-refractivity contribution in [2.45, 2.75) is 13.5 Å². The zero-order chi connectivity index (χ0) is 16.5. The predicted octanol–water partition coefficient (Wildman–Crippen LogP) is 3.80. The van der Waals surface area contributed by atoms with Gasteiger partial charge >= 0.3 is 0 Å². The van der Waals surface area contributed by atoms with Crippen LogP contribution in [0, 0.1) is 6.92 Å². The molecule has 0 aliphatic carbocycles. The highest BCUT2D eigenvalue weighted by molar-refractivity contribution is 6.30. The molecule has 1 aromatic carbocycles. The third-order valence-electron chi connectivity index (χ3n) is 4.54. The van der Waals surface area contributed by atoms with E-state index in [2.05, 4.69) is 34.6 Å². The van der Waals surface area contributed by atoms with Crippen molar-refractivity contribution < 1.29 is 4.74 Å². The lowest BCUT2D eigenvalue weighted by Crippen LogP contribution is -2.36. The van der Waals surface area contributed by atoms with Gasteiger partial charge in [0.15, 0.2) is 0 Å². The molecule has 1 fully saturated rings. The summed E-state index contributed by atoms with van der Waals surface area (Å²) in [5.74, 6) is 0. The van der Waals surface area contributed by atoms with Gasteiger partial charge in [-0.05, 0) is 30.7 Å². The van der Waals surface area contributed by atoms with Gasteiger partial charge in [-0.3, -0.25) is 4.90 Å². The second kappa shape index (κ2) is 6.55. The Labute approximate surface area is 146 Å². The largest absolute Gasteiger partial charge is 0.379 e. The molecular weight excluding hydrogens is 322 g/mol. The average molecular weight is 342 g/mol. The van der Waals surface area contributed by atoms with E-state index in [9.17, 15) is 0 Å². The van der Waals surface area contributed by atoms with E-state index in [1.807, 2.05) is 24.3 Å². The van der Waals surface area contributed by atoms with Crippen molar-refractivity contribution in [1.82, 2.24) is 14.3 Å². The highest BCUT2D eigenvalue weighted by Crippen LogP contribution is 2.28. The van der Waals surface area contributed by atoms with Crippen LogP contribution in [0.1, 0.15) is 11.3 Å². The molecule has 0 N–H and O–H groups in total. The zero-order valence-corrected chi connectivity index (χ0v) is 14.5. The van der Waals surface area contributed by atoms with Crippen molar-refractivity contribution in [1.29, 1.82) is 0 Å². The lowest BCUT2D eigenvalue weighted by atomic mass is 10.1. The van der Waals surface area contributed by atoms with Crippen molar-refractivity contribution in [3.8, 4) is 11.3 Å². The van der Waals surface area contributed by atoms with Gasteiger partial charge < -0.3 is 9.14 Å². The Bertz CT molecular complexity index is 851. The van der Waals surface area contributed by atoms with Crippen molar-refractivity contribution in [3.05, 3.63) is 58.9 Å². The maximum Gasteiger partial charge on any atom is 0.140 e. The zero-order valence-electron chi connectivity index (χ0n) is 13.7. The molecule has 124 valence electrons. The number of hydrogen-bond donors (Lipinski definition) is 0. The summed E-state index contributed by atoms with van der Waals surface area (Å²) in [4.78, 5) is 7.36. The summed E-state index contributed by atoms with van der Waals surface area (Å²) >= 11 is 6.05. The molecule has 0 radical (unpaired) electrons. The van der Waals surface area contributed by atoms with Gasteiger partial charge in [-0.2, -0.15) is 0 Å². The molecule has 0 atom stereocenters. The molecule has 1 aliphatic heterocycles. The van der Waals surface area contributed by atoms with E-state index in [4.69, 9.17) is 21.3 Å². The van der Waals surface area contributed by atoms with Crippen LogP contribution in [0.3, 0.4) is 0 Å². The molecule has 0 saturated carbocycles. The van der Waals surface area contributed by atoms with E-state index in [1.165, 1.54) is 11.3 Å². The van der Waals surface area contributed by atoms with Crippen molar-refractivity contribution in [2.75, 3.05) is 26.3 Å². The number of nitrogens with zero attached hydrogens (tertiary/aromatic N) is 3. The highest BCUT2D eigenvalue weighted by Gasteiger charge is 2.19. The number of pyridine rings is 1. The number of imidazole rings is 1. The van der Waals surface area contributed by atoms with E-state index < -0.39 is 0 Å². The van der Waals surface area contributed by atoms with E-state index in [0.29, 0.717) is 0 Å². The van der Waals surface area contributed by atoms with E-state index >= 15 is 0 Å². The van der Waals surface area contributed by atoms with Gasteiger partial charge in [0.2, 0.25) is 0 Å². The Hall–Kier alpha value is -1.88. The first kappa shape index (κ1) is 15.6. The van der Waals surface area contributed by atoms with Crippen molar-refractivity contribution in [3.63, 3.8) is 0 Å². The summed E-state index contributed by atoms with van der Waals surface area (Å²) in [5, 5.41) is 0.744. The molecule has 4 nitrogen and oxygen atoms in total. The second-order valence-electron chi connectivity index (χ2n) is 6.19. The number of benzene rings is 1. The molecule has 0 amide bonds. The normalized spacial score (nSPS) is 15.9. The van der Waals surface area contributed by atoms with E-state index in [1.54, 1.807) is 0 Å². The molecule has 1 saturated heterocycles. The first-order valence-corrected chi connectivity index (χ1v) is 8.63. The van der Waals surface area contributed by atoms with Gasteiger partial charge in [-0.15, -0.1) is 0 Å². The fourth-order valence-corrected chi connectivity index (χ4v) is 3.34. The van der Waals surface area contributed by atoms with E-state index in [-0.39, 0.29) is 0 Å². The number of halogens is 1. The Balaban J connectivity index is 1.83. The Morgan fingerprint density at radius 2 is 1.88 bits per heavy atom. The number of morpholine rings is 1. The summed E-state index contributed by atoms with van der Waals surface area (Å²) in [5.41, 5.74) is 5.56. The summed E-state index contributed by atoms with van der Waals surface area (Å²) in [6.07, 6.45) is 2.10. The summed E-state index contributed by atoms with van der Waals surface area (Å²) in [7, 11) is 0. The third-order valence-corrected chi connectivity index (χ3v) is 4.79. The van der Waals surface area contributed by atoms with Gasteiger partial charge in [0.25, 0.3) is 0 Å². The lowest BCUT2D eigenvalue weighted by Gasteiger charge is -2.26. The van der Waals surface area contributed by atoms with Crippen LogP contribution >= 0.6 is 11.6 Å². The summed E-state index contributed by atoms with van der Waals surface area (Å²) < 4.78 is 7.69. The van der Waals surface area contributed by atoms with Crippen LogP contribution in [0.2, 0.25) is 5.02 Å². The molecule has 2 aromatic heterocycles.